The molecule has 0 spiro atoms. The quantitative estimate of drug-likeness (QED) is 0.545. The van der Waals surface area contributed by atoms with Gasteiger partial charge in [-0.25, -0.2) is 8.42 Å². The zero-order valence-corrected chi connectivity index (χ0v) is 16.3. The smallest absolute Gasteiger partial charge is 0.263 e. The van der Waals surface area contributed by atoms with Gasteiger partial charge in [-0.3, -0.25) is 19.6 Å². The first kappa shape index (κ1) is 20.6. The first-order valence-corrected chi connectivity index (χ1v) is 10.6. The van der Waals surface area contributed by atoms with Gasteiger partial charge in [0.1, 0.15) is 0 Å². The fraction of sp³-hybridized carbons (Fsp3) is 0.316. The molecule has 0 aromatic heterocycles. The molecular weight excluding hydrogens is 398 g/mol. The van der Waals surface area contributed by atoms with Crippen molar-refractivity contribution in [3.8, 4) is 5.75 Å². The molecule has 1 saturated carbocycles. The Morgan fingerprint density at radius 3 is 2.45 bits per heavy atom. The highest BCUT2D eigenvalue weighted by Gasteiger charge is 2.23. The molecule has 0 unspecified atom stereocenters. The molecule has 2 aromatic carbocycles. The average Bonchev–Trinajstić information content (AvgIpc) is 2.68. The van der Waals surface area contributed by atoms with Crippen molar-refractivity contribution in [2.45, 2.75) is 43.0 Å². The van der Waals surface area contributed by atoms with E-state index in [0.717, 1.165) is 44.2 Å². The summed E-state index contributed by atoms with van der Waals surface area (Å²) in [6.45, 7) is 0. The largest absolute Gasteiger partial charge is 0.868 e. The zero-order chi connectivity index (χ0) is 21.0. The van der Waals surface area contributed by atoms with Crippen molar-refractivity contribution >= 4 is 27.3 Å². The van der Waals surface area contributed by atoms with E-state index in [4.69, 9.17) is 0 Å². The number of hydrogen-bond acceptors (Lipinski definition) is 6. The molecule has 0 heterocycles. The fourth-order valence-electron chi connectivity index (χ4n) is 3.29. The number of amides is 1. The van der Waals surface area contributed by atoms with E-state index in [1.165, 1.54) is 12.1 Å². The lowest BCUT2D eigenvalue weighted by atomic mass is 9.95. The van der Waals surface area contributed by atoms with Crippen molar-refractivity contribution in [3.05, 3.63) is 58.1 Å². The van der Waals surface area contributed by atoms with Crippen LogP contribution in [0.4, 0.5) is 11.4 Å². The summed E-state index contributed by atoms with van der Waals surface area (Å²) < 4.78 is 27.7. The van der Waals surface area contributed by atoms with Crippen molar-refractivity contribution in [1.82, 2.24) is 5.32 Å². The normalized spacial score (nSPS) is 14.9. The highest BCUT2D eigenvalue weighted by molar-refractivity contribution is 7.92. The SMILES string of the molecule is O=C(NC1CCCCC1)c1ccccc1NS(=O)(=O)c1ccc([O-])c([N+](=O)[O-])c1. The van der Waals surface area contributed by atoms with Gasteiger partial charge in [0.2, 0.25) is 0 Å². The number of benzene rings is 2. The summed E-state index contributed by atoms with van der Waals surface area (Å²) in [6.07, 6.45) is 4.97. The Bertz CT molecular complexity index is 1030. The van der Waals surface area contributed by atoms with Gasteiger partial charge in [-0.2, -0.15) is 0 Å². The number of carbonyl (C=O) groups is 1. The molecule has 1 aliphatic rings. The third-order valence-corrected chi connectivity index (χ3v) is 6.16. The van der Waals surface area contributed by atoms with E-state index in [1.807, 2.05) is 0 Å². The second-order valence-corrected chi connectivity index (χ2v) is 8.53. The molecule has 0 saturated heterocycles. The standard InChI is InChI=1S/C19H21N3O6S/c23-18-11-10-14(12-17(18)22(25)26)29(27,28)21-16-9-5-4-8-15(16)19(24)20-13-6-2-1-3-7-13/h4-5,8-13,21,23H,1-3,6-7H2,(H,20,24)/p-1. The molecule has 2 N–H and O–H groups in total. The number of rotatable bonds is 6. The van der Waals surface area contributed by atoms with E-state index in [-0.39, 0.29) is 17.3 Å². The second kappa shape index (κ2) is 8.48. The molecule has 0 bridgehead atoms. The lowest BCUT2D eigenvalue weighted by Gasteiger charge is -2.23. The number of para-hydroxylation sites is 1. The molecule has 29 heavy (non-hydrogen) atoms. The minimum absolute atomic E-state index is 0.0492. The number of nitro groups is 1. The number of anilines is 1. The monoisotopic (exact) mass is 418 g/mol. The van der Waals surface area contributed by atoms with Crippen molar-refractivity contribution in [3.63, 3.8) is 0 Å². The number of nitrogens with one attached hydrogen (secondary N) is 2. The molecule has 0 radical (unpaired) electrons. The average molecular weight is 418 g/mol. The van der Waals surface area contributed by atoms with Gasteiger partial charge in [-0.15, -0.1) is 0 Å². The van der Waals surface area contributed by atoms with Crippen LogP contribution < -0.4 is 15.1 Å². The van der Waals surface area contributed by atoms with E-state index in [9.17, 15) is 28.4 Å². The highest BCUT2D eigenvalue weighted by Crippen LogP contribution is 2.28. The fourth-order valence-corrected chi connectivity index (χ4v) is 4.39. The van der Waals surface area contributed by atoms with Crippen LogP contribution in [0, 0.1) is 10.1 Å². The predicted octanol–water partition coefficient (Wildman–Crippen LogP) is 2.53. The van der Waals surface area contributed by atoms with Crippen molar-refractivity contribution < 1.29 is 23.2 Å². The van der Waals surface area contributed by atoms with E-state index >= 15 is 0 Å². The molecule has 1 amide bonds. The first-order chi connectivity index (χ1) is 13.8. The molecule has 3 rings (SSSR count). The Labute approximate surface area is 168 Å². The van der Waals surface area contributed by atoms with Crippen LogP contribution >= 0.6 is 0 Å². The molecule has 1 aliphatic carbocycles. The lowest BCUT2D eigenvalue weighted by molar-refractivity contribution is -0.398. The van der Waals surface area contributed by atoms with Crippen LogP contribution in [0.25, 0.3) is 0 Å². The minimum atomic E-state index is -4.25. The van der Waals surface area contributed by atoms with E-state index < -0.39 is 37.2 Å². The third kappa shape index (κ3) is 4.83. The van der Waals surface area contributed by atoms with Crippen LogP contribution in [0.3, 0.4) is 0 Å². The number of sulfonamides is 1. The summed E-state index contributed by atoms with van der Waals surface area (Å²) >= 11 is 0. The molecular formula is C19H20N3O6S-. The Balaban J connectivity index is 1.85. The zero-order valence-electron chi connectivity index (χ0n) is 15.5. The number of hydrogen-bond donors (Lipinski definition) is 2. The van der Waals surface area contributed by atoms with Gasteiger partial charge in [0, 0.05) is 12.1 Å². The van der Waals surface area contributed by atoms with Gasteiger partial charge < -0.3 is 10.4 Å². The summed E-state index contributed by atoms with van der Waals surface area (Å²) in [5.74, 6) is -1.28. The van der Waals surface area contributed by atoms with Crippen molar-refractivity contribution in [2.24, 2.45) is 0 Å². The van der Waals surface area contributed by atoms with E-state index in [0.29, 0.717) is 6.07 Å². The number of nitrogens with zero attached hydrogens (tertiary/aromatic N) is 1. The predicted molar refractivity (Wildman–Crippen MR) is 104 cm³/mol. The summed E-state index contributed by atoms with van der Waals surface area (Å²) in [7, 11) is -4.25. The summed E-state index contributed by atoms with van der Waals surface area (Å²) in [5.41, 5.74) is -0.637. The Hall–Kier alpha value is -3.14. The molecule has 9 nitrogen and oxygen atoms in total. The summed E-state index contributed by atoms with van der Waals surface area (Å²) in [4.78, 5) is 22.2. The summed E-state index contributed by atoms with van der Waals surface area (Å²) in [5, 5.41) is 25.4. The highest BCUT2D eigenvalue weighted by atomic mass is 32.2. The molecule has 2 aromatic rings. The van der Waals surface area contributed by atoms with Crippen molar-refractivity contribution in [2.75, 3.05) is 4.72 Å². The maximum atomic E-state index is 12.7. The van der Waals surface area contributed by atoms with Gasteiger partial charge >= 0.3 is 0 Å². The number of carbonyl (C=O) groups excluding carboxylic acids is 1. The van der Waals surface area contributed by atoms with Gasteiger partial charge in [-0.05, 0) is 36.8 Å². The van der Waals surface area contributed by atoms with Crippen LogP contribution in [0.15, 0.2) is 47.4 Å². The molecule has 1 fully saturated rings. The van der Waals surface area contributed by atoms with Crippen molar-refractivity contribution in [1.29, 1.82) is 0 Å². The van der Waals surface area contributed by atoms with E-state index in [2.05, 4.69) is 10.0 Å². The Kier molecular flexibility index (Phi) is 6.02. The topological polar surface area (TPSA) is 141 Å². The van der Waals surface area contributed by atoms with Crippen LogP contribution in [-0.4, -0.2) is 25.3 Å². The Morgan fingerprint density at radius 2 is 1.76 bits per heavy atom. The maximum Gasteiger partial charge on any atom is 0.263 e. The minimum Gasteiger partial charge on any atom is -0.868 e. The molecule has 0 aliphatic heterocycles. The van der Waals surface area contributed by atoms with Gasteiger partial charge in [0.05, 0.1) is 21.1 Å². The lowest BCUT2D eigenvalue weighted by Crippen LogP contribution is -2.36. The summed E-state index contributed by atoms with van der Waals surface area (Å²) in [6, 6.07) is 8.69. The first-order valence-electron chi connectivity index (χ1n) is 9.16. The molecule has 0 atom stereocenters. The van der Waals surface area contributed by atoms with Gasteiger partial charge in [-0.1, -0.05) is 37.5 Å². The number of nitro benzene ring substituents is 1. The molecule has 10 heteroatoms. The van der Waals surface area contributed by atoms with Crippen LogP contribution in [0.5, 0.6) is 5.75 Å². The van der Waals surface area contributed by atoms with Gasteiger partial charge in [0.15, 0.2) is 0 Å². The van der Waals surface area contributed by atoms with E-state index in [1.54, 1.807) is 12.1 Å². The van der Waals surface area contributed by atoms with Gasteiger partial charge in [0.25, 0.3) is 21.6 Å². The molecule has 154 valence electrons. The maximum absolute atomic E-state index is 12.7. The van der Waals surface area contributed by atoms with Crippen LogP contribution in [0.1, 0.15) is 42.5 Å². The third-order valence-electron chi connectivity index (χ3n) is 4.79. The van der Waals surface area contributed by atoms with Crippen LogP contribution in [0.2, 0.25) is 0 Å². The second-order valence-electron chi connectivity index (χ2n) is 6.85. The Morgan fingerprint density at radius 1 is 1.07 bits per heavy atom. The van der Waals surface area contributed by atoms with Crippen LogP contribution in [-0.2, 0) is 10.0 Å².